The topological polar surface area (TPSA) is 70.7 Å². The predicted molar refractivity (Wildman–Crippen MR) is 59.0 cm³/mol. The maximum Gasteiger partial charge on any atom is 0.288 e. The van der Waals surface area contributed by atoms with E-state index in [2.05, 4.69) is 20.5 Å². The van der Waals surface area contributed by atoms with Crippen molar-refractivity contribution >= 4 is 17.5 Å². The Labute approximate surface area is 96.8 Å². The van der Waals surface area contributed by atoms with Crippen LogP contribution in [0.15, 0.2) is 30.6 Å². The second-order valence-electron chi connectivity index (χ2n) is 3.11. The monoisotopic (exact) mass is 236 g/mol. The van der Waals surface area contributed by atoms with Crippen molar-refractivity contribution in [3.8, 4) is 0 Å². The number of hydrogen-bond donors (Lipinski definition) is 2. The summed E-state index contributed by atoms with van der Waals surface area (Å²) in [6.07, 6.45) is 1.28. The Kier molecular flexibility index (Phi) is 3.16. The van der Waals surface area contributed by atoms with Crippen LogP contribution in [0.1, 0.15) is 16.2 Å². The van der Waals surface area contributed by atoms with Crippen LogP contribution >= 0.6 is 11.6 Å². The van der Waals surface area contributed by atoms with Crippen LogP contribution in [-0.2, 0) is 6.54 Å². The fourth-order valence-corrected chi connectivity index (χ4v) is 1.42. The summed E-state index contributed by atoms with van der Waals surface area (Å²) in [6, 6.07) is 7.33. The second-order valence-corrected chi connectivity index (χ2v) is 3.52. The average Bonchev–Trinajstić information content (AvgIpc) is 2.81. The van der Waals surface area contributed by atoms with Crippen molar-refractivity contribution in [3.05, 3.63) is 47.0 Å². The normalized spacial score (nSPS) is 10.1. The molecular weight excluding hydrogens is 228 g/mol. The van der Waals surface area contributed by atoms with Crippen LogP contribution in [0.25, 0.3) is 0 Å². The minimum atomic E-state index is -0.308. The largest absolute Gasteiger partial charge is 0.345 e. The molecule has 2 rings (SSSR count). The van der Waals surface area contributed by atoms with Crippen LogP contribution in [-0.4, -0.2) is 21.1 Å². The number of halogens is 1. The Morgan fingerprint density at radius 3 is 2.94 bits per heavy atom. The lowest BCUT2D eigenvalue weighted by atomic mass is 10.2. The highest BCUT2D eigenvalue weighted by atomic mass is 35.5. The second kappa shape index (κ2) is 4.76. The minimum absolute atomic E-state index is 0.187. The van der Waals surface area contributed by atoms with Gasteiger partial charge in [0.05, 0.1) is 0 Å². The van der Waals surface area contributed by atoms with E-state index in [1.807, 2.05) is 18.2 Å². The van der Waals surface area contributed by atoms with Gasteiger partial charge in [0.15, 0.2) is 0 Å². The third-order valence-electron chi connectivity index (χ3n) is 2.03. The summed E-state index contributed by atoms with van der Waals surface area (Å²) in [7, 11) is 0. The summed E-state index contributed by atoms with van der Waals surface area (Å²) in [6.45, 7) is 0.360. The molecule has 0 saturated heterocycles. The first-order chi connectivity index (χ1) is 7.77. The molecule has 2 aromatic rings. The first kappa shape index (κ1) is 10.6. The first-order valence-electron chi connectivity index (χ1n) is 4.64. The molecular formula is C10H9ClN4O. The van der Waals surface area contributed by atoms with Crippen LogP contribution in [0.3, 0.4) is 0 Å². The molecule has 0 radical (unpaired) electrons. The Morgan fingerprint density at radius 2 is 2.25 bits per heavy atom. The van der Waals surface area contributed by atoms with Crippen LogP contribution in [0, 0.1) is 0 Å². The standard InChI is InChI=1S/C10H9ClN4O/c11-8-4-2-1-3-7(8)5-12-10(16)9-13-6-14-15-9/h1-4,6H,5H2,(H,12,16)(H,13,14,15). The summed E-state index contributed by atoms with van der Waals surface area (Å²) < 4.78 is 0. The Bertz CT molecular complexity index is 483. The molecule has 0 aliphatic heterocycles. The van der Waals surface area contributed by atoms with Gasteiger partial charge >= 0.3 is 0 Å². The average molecular weight is 237 g/mol. The molecule has 0 unspecified atom stereocenters. The van der Waals surface area contributed by atoms with E-state index in [1.54, 1.807) is 6.07 Å². The van der Waals surface area contributed by atoms with Crippen molar-refractivity contribution in [2.75, 3.05) is 0 Å². The lowest BCUT2D eigenvalue weighted by Gasteiger charge is -2.04. The molecule has 0 aliphatic rings. The lowest BCUT2D eigenvalue weighted by Crippen LogP contribution is -2.24. The van der Waals surface area contributed by atoms with Gasteiger partial charge in [-0.2, -0.15) is 5.10 Å². The van der Waals surface area contributed by atoms with Gasteiger partial charge in [0.1, 0.15) is 6.33 Å². The van der Waals surface area contributed by atoms with Gasteiger partial charge in [0, 0.05) is 11.6 Å². The fraction of sp³-hybridized carbons (Fsp3) is 0.100. The summed E-state index contributed by atoms with van der Waals surface area (Å²) in [5, 5.41) is 9.38. The van der Waals surface area contributed by atoms with Crippen LogP contribution < -0.4 is 5.32 Å². The van der Waals surface area contributed by atoms with Crippen molar-refractivity contribution < 1.29 is 4.79 Å². The van der Waals surface area contributed by atoms with Gasteiger partial charge in [-0.15, -0.1) is 0 Å². The number of aromatic nitrogens is 3. The van der Waals surface area contributed by atoms with E-state index in [4.69, 9.17) is 11.6 Å². The highest BCUT2D eigenvalue weighted by Crippen LogP contribution is 2.14. The van der Waals surface area contributed by atoms with Gasteiger partial charge in [0.25, 0.3) is 5.91 Å². The third kappa shape index (κ3) is 2.38. The van der Waals surface area contributed by atoms with Gasteiger partial charge in [-0.3, -0.25) is 9.89 Å². The number of nitrogens with zero attached hydrogens (tertiary/aromatic N) is 2. The Hall–Kier alpha value is -1.88. The molecule has 1 amide bonds. The molecule has 5 nitrogen and oxygen atoms in total. The number of rotatable bonds is 3. The molecule has 82 valence electrons. The summed E-state index contributed by atoms with van der Waals surface area (Å²) in [5.41, 5.74) is 0.858. The third-order valence-corrected chi connectivity index (χ3v) is 2.40. The first-order valence-corrected chi connectivity index (χ1v) is 5.02. The number of benzene rings is 1. The fourth-order valence-electron chi connectivity index (χ4n) is 1.22. The van der Waals surface area contributed by atoms with Gasteiger partial charge < -0.3 is 5.32 Å². The van der Waals surface area contributed by atoms with Crippen molar-refractivity contribution in [2.24, 2.45) is 0 Å². The molecule has 1 aromatic heterocycles. The minimum Gasteiger partial charge on any atom is -0.345 e. The van der Waals surface area contributed by atoms with Crippen molar-refractivity contribution in [3.63, 3.8) is 0 Å². The van der Waals surface area contributed by atoms with Crippen molar-refractivity contribution in [1.82, 2.24) is 20.5 Å². The van der Waals surface area contributed by atoms with Gasteiger partial charge in [-0.25, -0.2) is 4.98 Å². The molecule has 1 aromatic carbocycles. The van der Waals surface area contributed by atoms with Crippen LogP contribution in [0.2, 0.25) is 5.02 Å². The maximum atomic E-state index is 11.5. The summed E-state index contributed by atoms with van der Waals surface area (Å²) in [4.78, 5) is 15.2. The predicted octanol–water partition coefficient (Wildman–Crippen LogP) is 1.39. The Balaban J connectivity index is 1.98. The van der Waals surface area contributed by atoms with Crippen molar-refractivity contribution in [2.45, 2.75) is 6.54 Å². The van der Waals surface area contributed by atoms with E-state index in [-0.39, 0.29) is 11.7 Å². The molecule has 2 N–H and O–H groups in total. The molecule has 16 heavy (non-hydrogen) atoms. The molecule has 1 heterocycles. The van der Waals surface area contributed by atoms with E-state index in [0.29, 0.717) is 11.6 Å². The van der Waals surface area contributed by atoms with E-state index in [0.717, 1.165) is 5.56 Å². The molecule has 0 atom stereocenters. The van der Waals surface area contributed by atoms with Crippen LogP contribution in [0.5, 0.6) is 0 Å². The number of amides is 1. The van der Waals surface area contributed by atoms with Gasteiger partial charge in [0.2, 0.25) is 5.82 Å². The number of aromatic amines is 1. The van der Waals surface area contributed by atoms with E-state index in [9.17, 15) is 4.79 Å². The number of carbonyl (C=O) groups excluding carboxylic acids is 1. The highest BCUT2D eigenvalue weighted by Gasteiger charge is 2.08. The highest BCUT2D eigenvalue weighted by molar-refractivity contribution is 6.31. The van der Waals surface area contributed by atoms with Crippen LogP contribution in [0.4, 0.5) is 0 Å². The zero-order valence-electron chi connectivity index (χ0n) is 8.27. The zero-order valence-corrected chi connectivity index (χ0v) is 9.03. The van der Waals surface area contributed by atoms with Gasteiger partial charge in [-0.05, 0) is 11.6 Å². The smallest absolute Gasteiger partial charge is 0.288 e. The molecule has 0 bridgehead atoms. The molecule has 0 aliphatic carbocycles. The lowest BCUT2D eigenvalue weighted by molar-refractivity contribution is 0.0941. The number of nitrogens with one attached hydrogen (secondary N) is 2. The number of carbonyl (C=O) groups is 1. The Morgan fingerprint density at radius 1 is 1.44 bits per heavy atom. The number of hydrogen-bond acceptors (Lipinski definition) is 3. The van der Waals surface area contributed by atoms with E-state index >= 15 is 0 Å². The van der Waals surface area contributed by atoms with E-state index < -0.39 is 0 Å². The molecule has 6 heteroatoms. The van der Waals surface area contributed by atoms with E-state index in [1.165, 1.54) is 6.33 Å². The maximum absolute atomic E-state index is 11.5. The molecule has 0 fully saturated rings. The zero-order chi connectivity index (χ0) is 11.4. The van der Waals surface area contributed by atoms with Crippen molar-refractivity contribution in [1.29, 1.82) is 0 Å². The quantitative estimate of drug-likeness (QED) is 0.846. The SMILES string of the molecule is O=C(NCc1ccccc1Cl)c1ncn[nH]1. The molecule has 0 spiro atoms. The number of H-pyrrole nitrogens is 1. The van der Waals surface area contributed by atoms with Gasteiger partial charge in [-0.1, -0.05) is 29.8 Å². The summed E-state index contributed by atoms with van der Waals surface area (Å²) in [5.74, 6) is -0.121. The summed E-state index contributed by atoms with van der Waals surface area (Å²) >= 11 is 5.95. The molecule has 0 saturated carbocycles.